The number of fused-ring (bicyclic) bond motifs is 1. The van der Waals surface area contributed by atoms with Crippen molar-refractivity contribution < 1.29 is 4.79 Å². The number of Topliss-reactive ketones (excluding diaryl/α,β-unsaturated/α-hetero) is 1. The molecule has 0 amide bonds. The molecule has 0 atom stereocenters. The summed E-state index contributed by atoms with van der Waals surface area (Å²) in [5.41, 5.74) is 3.44. The van der Waals surface area contributed by atoms with E-state index >= 15 is 0 Å². The van der Waals surface area contributed by atoms with E-state index in [1.54, 1.807) is 12.1 Å². The highest BCUT2D eigenvalue weighted by Crippen LogP contribution is 2.35. The van der Waals surface area contributed by atoms with Crippen LogP contribution in [0.1, 0.15) is 20.8 Å². The molecule has 28 heavy (non-hydrogen) atoms. The second kappa shape index (κ2) is 7.45. The summed E-state index contributed by atoms with van der Waals surface area (Å²) in [6, 6.07) is 15.2. The fourth-order valence-electron chi connectivity index (χ4n) is 3.20. The van der Waals surface area contributed by atoms with Crippen LogP contribution in [0.5, 0.6) is 0 Å². The van der Waals surface area contributed by atoms with Gasteiger partial charge in [0.2, 0.25) is 0 Å². The number of halogens is 1. The van der Waals surface area contributed by atoms with Crippen LogP contribution >= 0.6 is 27.3 Å². The third-order valence-electron chi connectivity index (χ3n) is 4.68. The summed E-state index contributed by atoms with van der Waals surface area (Å²) >= 11 is 4.86. The molecule has 4 aromatic rings. The van der Waals surface area contributed by atoms with Gasteiger partial charge < -0.3 is 0 Å². The van der Waals surface area contributed by atoms with E-state index in [1.165, 1.54) is 22.2 Å². The van der Waals surface area contributed by atoms with E-state index < -0.39 is 0 Å². The maximum Gasteiger partial charge on any atom is 0.263 e. The predicted octanol–water partition coefficient (Wildman–Crippen LogP) is 5.39. The number of benzene rings is 2. The number of hydrogen-bond donors (Lipinski definition) is 0. The summed E-state index contributed by atoms with van der Waals surface area (Å²) in [5, 5.41) is 0.581. The number of rotatable bonds is 4. The van der Waals surface area contributed by atoms with Gasteiger partial charge >= 0.3 is 0 Å². The van der Waals surface area contributed by atoms with Crippen LogP contribution in [0, 0.1) is 13.8 Å². The van der Waals surface area contributed by atoms with Gasteiger partial charge in [-0.05, 0) is 31.5 Å². The Bertz CT molecular complexity index is 1240. The Labute approximate surface area is 174 Å². The number of ketones is 1. The predicted molar refractivity (Wildman–Crippen MR) is 117 cm³/mol. The average Bonchev–Trinajstić information content (AvgIpc) is 3.02. The molecule has 0 aliphatic carbocycles. The van der Waals surface area contributed by atoms with Crippen LogP contribution in [-0.4, -0.2) is 15.3 Å². The van der Waals surface area contributed by atoms with E-state index in [1.807, 2.05) is 50.2 Å². The van der Waals surface area contributed by atoms with Crippen LogP contribution in [0.15, 0.2) is 64.1 Å². The third kappa shape index (κ3) is 3.45. The van der Waals surface area contributed by atoms with Crippen LogP contribution in [0.2, 0.25) is 0 Å². The van der Waals surface area contributed by atoms with Gasteiger partial charge in [-0.3, -0.25) is 14.2 Å². The second-order valence-corrected chi connectivity index (χ2v) is 8.81. The van der Waals surface area contributed by atoms with E-state index in [-0.39, 0.29) is 17.9 Å². The molecule has 2 aromatic carbocycles. The molecule has 2 aromatic heterocycles. The van der Waals surface area contributed by atoms with Crippen molar-refractivity contribution in [1.29, 1.82) is 0 Å². The zero-order chi connectivity index (χ0) is 19.8. The quantitative estimate of drug-likeness (QED) is 0.390. The molecule has 0 spiro atoms. The Hall–Kier alpha value is -2.57. The van der Waals surface area contributed by atoms with Crippen molar-refractivity contribution in [3.63, 3.8) is 0 Å². The first kappa shape index (κ1) is 18.8. The zero-order valence-corrected chi connectivity index (χ0v) is 17.8. The molecule has 0 saturated carbocycles. The van der Waals surface area contributed by atoms with E-state index in [9.17, 15) is 9.59 Å². The van der Waals surface area contributed by atoms with E-state index in [0.29, 0.717) is 15.8 Å². The Kier molecular flexibility index (Phi) is 5.00. The number of carbonyl (C=O) groups excluding carboxylic acids is 1. The van der Waals surface area contributed by atoms with E-state index in [4.69, 9.17) is 0 Å². The van der Waals surface area contributed by atoms with E-state index in [0.717, 1.165) is 26.0 Å². The lowest BCUT2D eigenvalue weighted by atomic mass is 10.0. The van der Waals surface area contributed by atoms with Crippen molar-refractivity contribution in [1.82, 2.24) is 9.55 Å². The number of thiophene rings is 1. The molecule has 140 valence electrons. The number of nitrogens with zero attached hydrogens (tertiary/aromatic N) is 2. The molecule has 0 saturated heterocycles. The van der Waals surface area contributed by atoms with Crippen molar-refractivity contribution >= 4 is 43.3 Å². The molecule has 0 aliphatic heterocycles. The van der Waals surface area contributed by atoms with Crippen molar-refractivity contribution in [2.24, 2.45) is 0 Å². The van der Waals surface area contributed by atoms with Gasteiger partial charge in [-0.2, -0.15) is 0 Å². The molecule has 0 aliphatic rings. The molecule has 4 nitrogen and oxygen atoms in total. The molecule has 2 heterocycles. The zero-order valence-electron chi connectivity index (χ0n) is 15.4. The summed E-state index contributed by atoms with van der Waals surface area (Å²) in [6.07, 6.45) is 1.47. The average molecular weight is 453 g/mol. The summed E-state index contributed by atoms with van der Waals surface area (Å²) in [7, 11) is 0. The highest BCUT2D eigenvalue weighted by molar-refractivity contribution is 9.10. The Morgan fingerprint density at radius 2 is 1.75 bits per heavy atom. The number of aromatic nitrogens is 2. The maximum atomic E-state index is 13.2. The molecule has 0 N–H and O–H groups in total. The smallest absolute Gasteiger partial charge is 0.263 e. The number of aryl methyl sites for hydroxylation is 2. The normalized spacial score (nSPS) is 11.1. The first-order chi connectivity index (χ1) is 13.4. The van der Waals surface area contributed by atoms with Gasteiger partial charge in [0.05, 0.1) is 18.3 Å². The van der Waals surface area contributed by atoms with Crippen LogP contribution in [0.25, 0.3) is 21.3 Å². The molecular weight excluding hydrogens is 436 g/mol. The van der Waals surface area contributed by atoms with Crippen LogP contribution in [0.4, 0.5) is 0 Å². The monoisotopic (exact) mass is 452 g/mol. The molecule has 0 unspecified atom stereocenters. The molecule has 0 radical (unpaired) electrons. The SMILES string of the molecule is Cc1ccc(-c2c(C)sc3ncn(CC(=O)c4ccc(Br)cc4)c(=O)c23)cc1. The number of hydrogen-bond acceptors (Lipinski definition) is 4. The fraction of sp³-hybridized carbons (Fsp3) is 0.136. The minimum atomic E-state index is -0.185. The number of carbonyl (C=O) groups is 1. The highest BCUT2D eigenvalue weighted by atomic mass is 79.9. The largest absolute Gasteiger partial charge is 0.292 e. The van der Waals surface area contributed by atoms with Gasteiger partial charge in [0.25, 0.3) is 5.56 Å². The van der Waals surface area contributed by atoms with Crippen molar-refractivity contribution in [2.75, 3.05) is 0 Å². The summed E-state index contributed by atoms with van der Waals surface area (Å²) in [4.78, 5) is 32.0. The Morgan fingerprint density at radius 1 is 1.07 bits per heavy atom. The molecular formula is C22H17BrN2O2S. The van der Waals surface area contributed by atoms with Crippen LogP contribution in [0.3, 0.4) is 0 Å². The van der Waals surface area contributed by atoms with Gasteiger partial charge in [-0.1, -0.05) is 57.9 Å². The molecule has 6 heteroatoms. The van der Waals surface area contributed by atoms with Gasteiger partial charge in [0.15, 0.2) is 5.78 Å². The molecule has 0 bridgehead atoms. The molecule has 0 fully saturated rings. The van der Waals surface area contributed by atoms with Crippen molar-refractivity contribution in [3.8, 4) is 11.1 Å². The Morgan fingerprint density at radius 3 is 2.43 bits per heavy atom. The minimum absolute atomic E-state index is 0.0361. The van der Waals surface area contributed by atoms with Gasteiger partial charge in [-0.25, -0.2) is 4.98 Å². The first-order valence-corrected chi connectivity index (χ1v) is 10.4. The lowest BCUT2D eigenvalue weighted by Gasteiger charge is -2.07. The van der Waals surface area contributed by atoms with Crippen LogP contribution in [-0.2, 0) is 6.54 Å². The topological polar surface area (TPSA) is 52.0 Å². The second-order valence-electron chi connectivity index (χ2n) is 6.69. The molecule has 4 rings (SSSR count). The van der Waals surface area contributed by atoms with Gasteiger partial charge in [0.1, 0.15) is 4.83 Å². The standard InChI is InChI=1S/C22H17BrN2O2S/c1-13-3-5-16(6-4-13)19-14(2)28-21-20(19)22(27)25(12-24-21)11-18(26)15-7-9-17(23)10-8-15/h3-10,12H,11H2,1-2H3. The van der Waals surface area contributed by atoms with Crippen molar-refractivity contribution in [3.05, 3.63) is 85.7 Å². The first-order valence-electron chi connectivity index (χ1n) is 8.78. The Balaban J connectivity index is 1.79. The fourth-order valence-corrected chi connectivity index (χ4v) is 4.47. The summed E-state index contributed by atoms with van der Waals surface area (Å²) in [5.74, 6) is -0.125. The summed E-state index contributed by atoms with van der Waals surface area (Å²) in [6.45, 7) is 3.99. The van der Waals surface area contributed by atoms with Gasteiger partial charge in [0, 0.05) is 20.5 Å². The van der Waals surface area contributed by atoms with Crippen molar-refractivity contribution in [2.45, 2.75) is 20.4 Å². The van der Waals surface area contributed by atoms with E-state index in [2.05, 4.69) is 20.9 Å². The van der Waals surface area contributed by atoms with Crippen LogP contribution < -0.4 is 5.56 Å². The lowest BCUT2D eigenvalue weighted by Crippen LogP contribution is -2.24. The van der Waals surface area contributed by atoms with Gasteiger partial charge in [-0.15, -0.1) is 11.3 Å². The summed E-state index contributed by atoms with van der Waals surface area (Å²) < 4.78 is 2.30. The third-order valence-corrected chi connectivity index (χ3v) is 6.22. The maximum absolute atomic E-state index is 13.2. The highest BCUT2D eigenvalue weighted by Gasteiger charge is 2.18. The lowest BCUT2D eigenvalue weighted by molar-refractivity contribution is 0.0970. The minimum Gasteiger partial charge on any atom is -0.292 e.